The average Bonchev–Trinajstić information content (AvgIpc) is 3.22. The highest BCUT2D eigenvalue weighted by molar-refractivity contribution is 7.69. The quantitative estimate of drug-likeness (QED) is 0.192. The fourth-order valence-corrected chi connectivity index (χ4v) is 6.73. The van der Waals surface area contributed by atoms with E-state index in [0.29, 0.717) is 24.9 Å². The molecular formula is C30H31Cl2N3O2S. The Bertz CT molecular complexity index is 1450. The Morgan fingerprint density at radius 2 is 1.39 bits per heavy atom. The van der Waals surface area contributed by atoms with Gasteiger partial charge in [-0.25, -0.2) is 17.7 Å². The highest BCUT2D eigenvalue weighted by atomic mass is 35.5. The molecule has 1 saturated heterocycles. The van der Waals surface area contributed by atoms with Crippen LogP contribution >= 0.6 is 23.2 Å². The minimum atomic E-state index is -2.49. The van der Waals surface area contributed by atoms with Gasteiger partial charge < -0.3 is 4.57 Å². The van der Waals surface area contributed by atoms with Crippen molar-refractivity contribution < 1.29 is 8.42 Å². The molecule has 1 aliphatic heterocycles. The number of hydrogen-bond acceptors (Lipinski definition) is 3. The lowest BCUT2D eigenvalue weighted by Gasteiger charge is -2.30. The van der Waals surface area contributed by atoms with Crippen molar-refractivity contribution in [3.8, 4) is 0 Å². The third-order valence-corrected chi connectivity index (χ3v) is 9.64. The zero-order chi connectivity index (χ0) is 26.2. The second-order valence-corrected chi connectivity index (χ2v) is 12.5. The van der Waals surface area contributed by atoms with E-state index in [1.165, 1.54) is 41.8 Å². The van der Waals surface area contributed by atoms with Crippen LogP contribution in [0.15, 0.2) is 66.7 Å². The Hall–Kier alpha value is -2.38. The number of rotatable bonds is 7. The van der Waals surface area contributed by atoms with E-state index in [1.807, 2.05) is 24.3 Å². The molecule has 1 aliphatic carbocycles. The molecule has 2 heterocycles. The van der Waals surface area contributed by atoms with Crippen LogP contribution in [0.3, 0.4) is 0 Å². The highest BCUT2D eigenvalue weighted by Crippen LogP contribution is 2.40. The standard InChI is InChI=1S/C30H31Cl2N3O2S/c31-25-9-4-21(5-10-25)29(22-6-11-26(32)12-7-22)24-8-13-27-28(18-24)35(30(33-27)23-2-1-3-23)19-20-14-16-34(17-15-20)38(36)37/h4-13,18,20,23,29,38H,1-3,14-17,19H2. The first-order chi connectivity index (χ1) is 18.5. The van der Waals surface area contributed by atoms with Gasteiger partial charge in [-0.1, -0.05) is 60.0 Å². The average molecular weight is 569 g/mol. The number of halogens is 2. The number of aromatic nitrogens is 2. The first-order valence-corrected chi connectivity index (χ1v) is 15.2. The lowest BCUT2D eigenvalue weighted by atomic mass is 9.84. The van der Waals surface area contributed by atoms with Crippen LogP contribution in [0, 0.1) is 5.92 Å². The molecule has 8 heteroatoms. The second kappa shape index (κ2) is 11.0. The lowest BCUT2D eigenvalue weighted by molar-refractivity contribution is 0.254. The van der Waals surface area contributed by atoms with Gasteiger partial charge in [-0.3, -0.25) is 0 Å². The smallest absolute Gasteiger partial charge is 0.203 e. The minimum Gasteiger partial charge on any atom is -0.327 e. The molecule has 2 aliphatic rings. The van der Waals surface area contributed by atoms with Crippen LogP contribution in [0.4, 0.5) is 0 Å². The first-order valence-electron chi connectivity index (χ1n) is 13.4. The highest BCUT2D eigenvalue weighted by Gasteiger charge is 2.29. The summed E-state index contributed by atoms with van der Waals surface area (Å²) in [5, 5.41) is 1.43. The third kappa shape index (κ3) is 5.24. The normalized spacial score (nSPS) is 17.5. The molecule has 0 radical (unpaired) electrons. The van der Waals surface area contributed by atoms with E-state index >= 15 is 0 Å². The molecule has 0 N–H and O–H groups in total. The zero-order valence-corrected chi connectivity index (χ0v) is 23.5. The van der Waals surface area contributed by atoms with Gasteiger partial charge in [0.25, 0.3) is 0 Å². The Labute approximate surface area is 235 Å². The van der Waals surface area contributed by atoms with Crippen LogP contribution in [0.5, 0.6) is 0 Å². The van der Waals surface area contributed by atoms with E-state index in [0.717, 1.165) is 40.5 Å². The van der Waals surface area contributed by atoms with Gasteiger partial charge >= 0.3 is 0 Å². The molecule has 0 amide bonds. The summed E-state index contributed by atoms with van der Waals surface area (Å²) in [5.41, 5.74) is 5.72. The molecule has 5 nitrogen and oxygen atoms in total. The van der Waals surface area contributed by atoms with Crippen molar-refractivity contribution in [2.75, 3.05) is 13.1 Å². The molecule has 1 aromatic heterocycles. The van der Waals surface area contributed by atoms with E-state index in [9.17, 15) is 8.42 Å². The summed E-state index contributed by atoms with van der Waals surface area (Å²) in [6.07, 6.45) is 5.38. The molecule has 3 aromatic carbocycles. The molecule has 38 heavy (non-hydrogen) atoms. The van der Waals surface area contributed by atoms with Crippen molar-refractivity contribution >= 4 is 45.1 Å². The predicted octanol–water partition coefficient (Wildman–Crippen LogP) is 7.03. The number of hydrogen-bond donors (Lipinski definition) is 1. The van der Waals surface area contributed by atoms with Gasteiger partial charge in [0.15, 0.2) is 0 Å². The van der Waals surface area contributed by atoms with Crippen LogP contribution in [0.2, 0.25) is 10.0 Å². The Kier molecular flexibility index (Phi) is 7.50. The fourth-order valence-electron chi connectivity index (χ4n) is 5.92. The topological polar surface area (TPSA) is 55.2 Å². The van der Waals surface area contributed by atoms with Crippen molar-refractivity contribution in [1.82, 2.24) is 13.9 Å². The molecule has 0 spiro atoms. The first kappa shape index (κ1) is 25.9. The largest absolute Gasteiger partial charge is 0.327 e. The summed E-state index contributed by atoms with van der Waals surface area (Å²) >= 11 is 12.5. The lowest BCUT2D eigenvalue weighted by Crippen LogP contribution is -2.34. The summed E-state index contributed by atoms with van der Waals surface area (Å²) < 4.78 is 26.9. The number of fused-ring (bicyclic) bond motifs is 1. The van der Waals surface area contributed by atoms with Gasteiger partial charge in [-0.15, -0.1) is 0 Å². The van der Waals surface area contributed by atoms with E-state index in [1.54, 1.807) is 4.31 Å². The van der Waals surface area contributed by atoms with Gasteiger partial charge in [0, 0.05) is 41.5 Å². The van der Waals surface area contributed by atoms with E-state index in [4.69, 9.17) is 28.2 Å². The summed E-state index contributed by atoms with van der Waals surface area (Å²) in [4.78, 5) is 5.13. The summed E-state index contributed by atoms with van der Waals surface area (Å²) in [5.74, 6) is 2.16. The molecule has 0 atom stereocenters. The molecule has 0 unspecified atom stereocenters. The maximum Gasteiger partial charge on any atom is 0.203 e. The number of benzene rings is 3. The monoisotopic (exact) mass is 567 g/mol. The number of piperidine rings is 1. The van der Waals surface area contributed by atoms with Crippen molar-refractivity contribution in [2.45, 2.75) is 50.5 Å². The molecule has 6 rings (SSSR count). The van der Waals surface area contributed by atoms with Crippen LogP contribution in [-0.4, -0.2) is 35.4 Å². The van der Waals surface area contributed by atoms with E-state index in [-0.39, 0.29) is 5.92 Å². The summed E-state index contributed by atoms with van der Waals surface area (Å²) in [6.45, 7) is 2.09. The molecule has 198 valence electrons. The van der Waals surface area contributed by atoms with Crippen LogP contribution in [0.25, 0.3) is 11.0 Å². The second-order valence-electron chi connectivity index (χ2n) is 10.6. The van der Waals surface area contributed by atoms with Crippen molar-refractivity contribution in [3.63, 3.8) is 0 Å². The van der Waals surface area contributed by atoms with Gasteiger partial charge in [-0.05, 0) is 84.7 Å². The molecule has 4 aromatic rings. The van der Waals surface area contributed by atoms with Crippen LogP contribution in [0.1, 0.15) is 66.5 Å². The molecule has 1 saturated carbocycles. The zero-order valence-electron chi connectivity index (χ0n) is 21.1. The maximum absolute atomic E-state index is 11.4. The van der Waals surface area contributed by atoms with Crippen LogP contribution < -0.4 is 0 Å². The van der Waals surface area contributed by atoms with Crippen molar-refractivity contribution in [3.05, 3.63) is 99.3 Å². The fraction of sp³-hybridized carbons (Fsp3) is 0.367. The SMILES string of the molecule is O=[SH](=O)N1CCC(Cn2c(C3CCC3)nc3ccc(C(c4ccc(Cl)cc4)c4ccc(Cl)cc4)cc32)CC1. The summed E-state index contributed by atoms with van der Waals surface area (Å²) in [6, 6.07) is 22.8. The Balaban J connectivity index is 1.41. The third-order valence-electron chi connectivity index (χ3n) is 8.27. The number of imidazole rings is 1. The van der Waals surface area contributed by atoms with Crippen molar-refractivity contribution in [2.24, 2.45) is 5.92 Å². The minimum absolute atomic E-state index is 0.0287. The molecular weight excluding hydrogens is 537 g/mol. The Morgan fingerprint density at radius 3 is 1.92 bits per heavy atom. The van der Waals surface area contributed by atoms with Crippen molar-refractivity contribution in [1.29, 1.82) is 0 Å². The van der Waals surface area contributed by atoms with Gasteiger partial charge in [0.2, 0.25) is 10.9 Å². The number of nitrogens with zero attached hydrogens (tertiary/aromatic N) is 3. The van der Waals surface area contributed by atoms with Gasteiger partial charge in [-0.2, -0.15) is 0 Å². The van der Waals surface area contributed by atoms with E-state index < -0.39 is 10.9 Å². The van der Waals surface area contributed by atoms with Gasteiger partial charge in [0.05, 0.1) is 11.0 Å². The predicted molar refractivity (Wildman–Crippen MR) is 155 cm³/mol. The van der Waals surface area contributed by atoms with Gasteiger partial charge in [0.1, 0.15) is 5.82 Å². The van der Waals surface area contributed by atoms with Crippen LogP contribution in [-0.2, 0) is 17.4 Å². The van der Waals surface area contributed by atoms with E-state index in [2.05, 4.69) is 47.0 Å². The molecule has 2 fully saturated rings. The Morgan fingerprint density at radius 1 is 0.816 bits per heavy atom. The summed E-state index contributed by atoms with van der Waals surface area (Å²) in [7, 11) is -2.49. The maximum atomic E-state index is 11.4. The molecule has 0 bridgehead atoms. The number of thiol groups is 1.